The summed E-state index contributed by atoms with van der Waals surface area (Å²) in [5, 5.41) is 12.7. The van der Waals surface area contributed by atoms with E-state index < -0.39 is 28.5 Å². The summed E-state index contributed by atoms with van der Waals surface area (Å²) >= 11 is 0. The monoisotopic (exact) mass is 418 g/mol. The molecule has 0 spiro atoms. The molecule has 2 heterocycles. The molecule has 0 saturated carbocycles. The van der Waals surface area contributed by atoms with Crippen LogP contribution in [0.3, 0.4) is 0 Å². The maximum Gasteiger partial charge on any atom is 0.336 e. The molecule has 3 rings (SSSR count). The maximum absolute atomic E-state index is 13.6. The lowest BCUT2D eigenvalue weighted by Crippen LogP contribution is -2.67. The quantitative estimate of drug-likeness (QED) is 0.671. The Morgan fingerprint density at radius 3 is 2.23 bits per heavy atom. The maximum atomic E-state index is 13.6. The van der Waals surface area contributed by atoms with Crippen LogP contribution < -0.4 is 11.0 Å². The zero-order chi connectivity index (χ0) is 22.1. The first-order valence-corrected chi connectivity index (χ1v) is 10.1. The van der Waals surface area contributed by atoms with Gasteiger partial charge in [-0.15, -0.1) is 0 Å². The number of nitrogens with one attached hydrogen (secondary N) is 1. The molecule has 9 heteroatoms. The molecule has 1 aromatic carbocycles. The second kappa shape index (κ2) is 8.33. The van der Waals surface area contributed by atoms with E-state index in [9.17, 15) is 19.5 Å². The summed E-state index contributed by atoms with van der Waals surface area (Å²) < 4.78 is 7.92. The Hall–Kier alpha value is -2.49. The molecule has 164 valence electrons. The van der Waals surface area contributed by atoms with Crippen molar-refractivity contribution in [2.75, 3.05) is 39.9 Å². The molecule has 9 nitrogen and oxygen atoms in total. The fourth-order valence-electron chi connectivity index (χ4n) is 4.18. The van der Waals surface area contributed by atoms with Gasteiger partial charge in [0.15, 0.2) is 0 Å². The van der Waals surface area contributed by atoms with E-state index in [2.05, 4.69) is 10.2 Å². The summed E-state index contributed by atoms with van der Waals surface area (Å²) in [5.41, 5.74) is -2.47. The minimum absolute atomic E-state index is 0.398. The fraction of sp³-hybridized carbons (Fsp3) is 0.571. The number of carbonyl (C=O) groups is 2. The SMILES string of the molecule is CN[C@@](C(=O)O)(C(=O)n1c(=O)n(CCN2CCOCC2)c2ccccc21)C(C)(C)C. The number of imidazole rings is 1. The molecule has 30 heavy (non-hydrogen) atoms. The van der Waals surface area contributed by atoms with Crippen LogP contribution in [0.2, 0.25) is 0 Å². The number of aliphatic carboxylic acids is 1. The summed E-state index contributed by atoms with van der Waals surface area (Å²) in [6.45, 7) is 8.93. The molecule has 0 bridgehead atoms. The first-order valence-electron chi connectivity index (χ1n) is 10.1. The third-order valence-corrected chi connectivity index (χ3v) is 5.92. The van der Waals surface area contributed by atoms with Gasteiger partial charge >= 0.3 is 11.7 Å². The van der Waals surface area contributed by atoms with Gasteiger partial charge in [0.2, 0.25) is 5.54 Å². The van der Waals surface area contributed by atoms with Gasteiger partial charge in [0.05, 0.1) is 24.2 Å². The number of benzene rings is 1. The number of hydrogen-bond donors (Lipinski definition) is 2. The fourth-order valence-corrected chi connectivity index (χ4v) is 4.18. The van der Waals surface area contributed by atoms with Crippen LogP contribution in [0.5, 0.6) is 0 Å². The van der Waals surface area contributed by atoms with E-state index in [4.69, 9.17) is 4.74 Å². The van der Waals surface area contributed by atoms with Crippen molar-refractivity contribution in [1.29, 1.82) is 0 Å². The Morgan fingerprint density at radius 2 is 1.70 bits per heavy atom. The lowest BCUT2D eigenvalue weighted by Gasteiger charge is -2.39. The number of aromatic nitrogens is 2. The zero-order valence-corrected chi connectivity index (χ0v) is 18.0. The van der Waals surface area contributed by atoms with Gasteiger partial charge in [-0.05, 0) is 19.2 Å². The first kappa shape index (κ1) is 22.2. The average Bonchev–Trinajstić information content (AvgIpc) is 2.97. The predicted octanol–water partition coefficient (Wildman–Crippen LogP) is 0.864. The van der Waals surface area contributed by atoms with Gasteiger partial charge in [0.25, 0.3) is 5.91 Å². The third-order valence-electron chi connectivity index (χ3n) is 5.92. The largest absolute Gasteiger partial charge is 0.479 e. The van der Waals surface area contributed by atoms with E-state index in [1.165, 1.54) is 7.05 Å². The average molecular weight is 418 g/mol. The summed E-state index contributed by atoms with van der Waals surface area (Å²) in [4.78, 5) is 41.5. The second-order valence-electron chi connectivity index (χ2n) is 8.57. The van der Waals surface area contributed by atoms with Crippen LogP contribution in [-0.2, 0) is 16.1 Å². The summed E-state index contributed by atoms with van der Waals surface area (Å²) in [7, 11) is 1.43. The van der Waals surface area contributed by atoms with Gasteiger partial charge in [-0.2, -0.15) is 0 Å². The van der Waals surface area contributed by atoms with Gasteiger partial charge in [-0.25, -0.2) is 14.2 Å². The number of likely N-dealkylation sites (N-methyl/N-ethyl adjacent to an activating group) is 1. The van der Waals surface area contributed by atoms with Crippen molar-refractivity contribution in [2.24, 2.45) is 5.41 Å². The third kappa shape index (κ3) is 3.57. The highest BCUT2D eigenvalue weighted by Gasteiger charge is 2.55. The molecule has 0 aliphatic carbocycles. The molecule has 2 aromatic rings. The standard InChI is InChI=1S/C21H30N4O5/c1-20(2,3)21(22-4,18(27)28)17(26)25-16-8-6-5-7-15(16)24(19(25)29)10-9-23-11-13-30-14-12-23/h5-8,22H,9-14H2,1-4H3,(H,27,28)/t21-/m1/s1. The molecule has 2 N–H and O–H groups in total. The number of carboxylic acids is 1. The van der Waals surface area contributed by atoms with E-state index in [-0.39, 0.29) is 0 Å². The second-order valence-corrected chi connectivity index (χ2v) is 8.57. The smallest absolute Gasteiger partial charge is 0.336 e. The van der Waals surface area contributed by atoms with Gasteiger partial charge < -0.3 is 9.84 Å². The van der Waals surface area contributed by atoms with Crippen molar-refractivity contribution in [3.05, 3.63) is 34.7 Å². The van der Waals surface area contributed by atoms with Crippen LogP contribution in [0.15, 0.2) is 29.1 Å². The van der Waals surface area contributed by atoms with Crippen LogP contribution in [0, 0.1) is 5.41 Å². The molecule has 0 unspecified atom stereocenters. The van der Waals surface area contributed by atoms with E-state index >= 15 is 0 Å². The zero-order valence-electron chi connectivity index (χ0n) is 18.0. The molecule has 1 aliphatic heterocycles. The summed E-state index contributed by atoms with van der Waals surface area (Å²) in [6, 6.07) is 6.98. The number of para-hydroxylation sites is 2. The lowest BCUT2D eigenvalue weighted by molar-refractivity contribution is -0.146. The molecule has 0 amide bonds. The number of nitrogens with zero attached hydrogens (tertiary/aromatic N) is 3. The Kier molecular flexibility index (Phi) is 6.16. The number of hydrogen-bond acceptors (Lipinski definition) is 6. The van der Waals surface area contributed by atoms with Crippen LogP contribution >= 0.6 is 0 Å². The van der Waals surface area contributed by atoms with E-state index in [0.717, 1.165) is 17.7 Å². The van der Waals surface area contributed by atoms with Gasteiger partial charge in [0.1, 0.15) is 0 Å². The van der Waals surface area contributed by atoms with Crippen molar-refractivity contribution >= 4 is 22.9 Å². The minimum Gasteiger partial charge on any atom is -0.479 e. The van der Waals surface area contributed by atoms with Gasteiger partial charge in [-0.3, -0.25) is 19.6 Å². The summed E-state index contributed by atoms with van der Waals surface area (Å²) in [6.07, 6.45) is 0. The highest BCUT2D eigenvalue weighted by Crippen LogP contribution is 2.33. The Morgan fingerprint density at radius 1 is 1.10 bits per heavy atom. The number of carboxylic acid groups (broad SMARTS) is 1. The Balaban J connectivity index is 2.10. The number of fused-ring (bicyclic) bond motifs is 1. The molecule has 1 atom stereocenters. The van der Waals surface area contributed by atoms with Crippen molar-refractivity contribution in [3.63, 3.8) is 0 Å². The molecule has 1 saturated heterocycles. The van der Waals surface area contributed by atoms with Crippen molar-refractivity contribution in [2.45, 2.75) is 32.9 Å². The van der Waals surface area contributed by atoms with Crippen LogP contribution in [0.4, 0.5) is 0 Å². The Labute approximate surface area is 175 Å². The van der Waals surface area contributed by atoms with E-state index in [1.54, 1.807) is 49.6 Å². The minimum atomic E-state index is -1.96. The van der Waals surface area contributed by atoms with Crippen LogP contribution in [0.25, 0.3) is 11.0 Å². The van der Waals surface area contributed by atoms with Crippen LogP contribution in [-0.4, -0.2) is 76.5 Å². The molecule has 1 aromatic heterocycles. The van der Waals surface area contributed by atoms with Crippen molar-refractivity contribution < 1.29 is 19.4 Å². The number of rotatable bonds is 6. The summed E-state index contributed by atoms with van der Waals surface area (Å²) in [5.74, 6) is -2.11. The number of ether oxygens (including phenoxy) is 1. The predicted molar refractivity (Wildman–Crippen MR) is 113 cm³/mol. The number of morpholine rings is 1. The molecular formula is C21H30N4O5. The van der Waals surface area contributed by atoms with Crippen molar-refractivity contribution in [1.82, 2.24) is 19.4 Å². The topological polar surface area (TPSA) is 106 Å². The normalized spacial score (nSPS) is 17.7. The highest BCUT2D eigenvalue weighted by molar-refractivity contribution is 6.11. The first-order chi connectivity index (χ1) is 14.1. The molecule has 1 fully saturated rings. The van der Waals surface area contributed by atoms with E-state index in [0.29, 0.717) is 37.3 Å². The van der Waals surface area contributed by atoms with Gasteiger partial charge in [-0.1, -0.05) is 32.9 Å². The molecule has 0 radical (unpaired) electrons. The Bertz CT molecular complexity index is 997. The van der Waals surface area contributed by atoms with E-state index in [1.807, 2.05) is 0 Å². The van der Waals surface area contributed by atoms with Crippen molar-refractivity contribution in [3.8, 4) is 0 Å². The molecule has 1 aliphatic rings. The highest BCUT2D eigenvalue weighted by atomic mass is 16.5. The lowest BCUT2D eigenvalue weighted by atomic mass is 9.72. The van der Waals surface area contributed by atoms with Gasteiger partial charge in [0, 0.05) is 31.6 Å². The number of carbonyl (C=O) groups excluding carboxylic acids is 1. The van der Waals surface area contributed by atoms with Crippen LogP contribution in [0.1, 0.15) is 25.6 Å². The molecular weight excluding hydrogens is 388 g/mol.